The van der Waals surface area contributed by atoms with Crippen molar-refractivity contribution in [2.45, 2.75) is 109 Å². The van der Waals surface area contributed by atoms with Crippen molar-refractivity contribution in [3.63, 3.8) is 0 Å². The number of rotatable bonds is 16. The van der Waals surface area contributed by atoms with E-state index in [4.69, 9.17) is 4.74 Å². The van der Waals surface area contributed by atoms with E-state index in [-0.39, 0.29) is 23.9 Å². The van der Waals surface area contributed by atoms with E-state index in [0.29, 0.717) is 18.3 Å². The van der Waals surface area contributed by atoms with Crippen LogP contribution >= 0.6 is 0 Å². The van der Waals surface area contributed by atoms with E-state index in [9.17, 15) is 14.7 Å². The van der Waals surface area contributed by atoms with Gasteiger partial charge in [0.2, 0.25) is 0 Å². The largest absolute Gasteiger partial charge is 0.466 e. The highest BCUT2D eigenvalue weighted by Gasteiger charge is 2.33. The molecule has 0 spiro atoms. The van der Waals surface area contributed by atoms with Gasteiger partial charge in [-0.3, -0.25) is 9.59 Å². The molecule has 1 fully saturated rings. The second-order valence-electron chi connectivity index (χ2n) is 9.45. The molecule has 1 aromatic carbocycles. The van der Waals surface area contributed by atoms with Gasteiger partial charge in [0.15, 0.2) is 0 Å². The van der Waals surface area contributed by atoms with Crippen molar-refractivity contribution in [3.05, 3.63) is 35.9 Å². The summed E-state index contributed by atoms with van der Waals surface area (Å²) < 4.78 is 5.30. The van der Waals surface area contributed by atoms with Crippen LogP contribution in [0.3, 0.4) is 0 Å². The van der Waals surface area contributed by atoms with Crippen LogP contribution in [0.4, 0.5) is 0 Å². The van der Waals surface area contributed by atoms with Crippen LogP contribution < -0.4 is 0 Å². The number of ether oxygens (including phenoxy) is 1. The first-order valence-corrected chi connectivity index (χ1v) is 13.0. The lowest BCUT2D eigenvalue weighted by Gasteiger charge is -2.19. The van der Waals surface area contributed by atoms with Crippen LogP contribution in [0.2, 0.25) is 0 Å². The highest BCUT2D eigenvalue weighted by atomic mass is 16.5. The van der Waals surface area contributed by atoms with Gasteiger partial charge in [-0.15, -0.1) is 0 Å². The molecule has 0 saturated heterocycles. The summed E-state index contributed by atoms with van der Waals surface area (Å²) in [6.45, 7) is 4.41. The number of carbonyl (C=O) groups is 2. The van der Waals surface area contributed by atoms with E-state index in [1.54, 1.807) is 0 Å². The van der Waals surface area contributed by atoms with Crippen LogP contribution in [-0.4, -0.2) is 29.6 Å². The Kier molecular flexibility index (Phi) is 12.6. The number of carbonyl (C=O) groups excluding carboxylic acids is 2. The van der Waals surface area contributed by atoms with Crippen LogP contribution in [-0.2, 0) is 14.3 Å². The van der Waals surface area contributed by atoms with Crippen molar-refractivity contribution in [2.24, 2.45) is 11.8 Å². The molecule has 0 amide bonds. The van der Waals surface area contributed by atoms with Gasteiger partial charge in [0, 0.05) is 12.3 Å². The third-order valence-electron chi connectivity index (χ3n) is 7.03. The Morgan fingerprint density at radius 1 is 1.00 bits per heavy atom. The maximum atomic E-state index is 12.4. The Balaban J connectivity index is 1.72. The molecule has 0 radical (unpaired) electrons. The number of Topliss-reactive ketones (excluding diaryl/α,β-unsaturated/α-hetero) is 1. The minimum absolute atomic E-state index is 0.133. The molecule has 4 atom stereocenters. The first-order valence-electron chi connectivity index (χ1n) is 13.0. The van der Waals surface area contributed by atoms with Gasteiger partial charge in [-0.05, 0) is 56.9 Å². The van der Waals surface area contributed by atoms with Crippen LogP contribution in [0.25, 0.3) is 0 Å². The minimum Gasteiger partial charge on any atom is -0.466 e. The molecule has 0 heterocycles. The Labute approximate surface area is 195 Å². The van der Waals surface area contributed by atoms with Gasteiger partial charge < -0.3 is 9.84 Å². The standard InChI is InChI=1S/C28H44O4/c1-3-5-16-24(29)17-12-15-23-20-21-27(30)25(23)18-10-7-11-19-26(28(31)32-4-2)22-13-8-6-9-14-22/h6,8-9,13-14,23-26,29H,3-5,7,10-12,15-21H2,1-2H3/t23-,24?,25+,26?/m0/s1. The lowest BCUT2D eigenvalue weighted by molar-refractivity contribution is -0.145. The van der Waals surface area contributed by atoms with E-state index >= 15 is 0 Å². The van der Waals surface area contributed by atoms with E-state index in [1.807, 2.05) is 37.3 Å². The number of ketones is 1. The van der Waals surface area contributed by atoms with Gasteiger partial charge in [0.1, 0.15) is 5.78 Å². The van der Waals surface area contributed by atoms with Crippen molar-refractivity contribution in [1.82, 2.24) is 0 Å². The first kappa shape index (κ1) is 26.6. The minimum atomic E-state index is -0.198. The SMILES string of the molecule is CCCCC(O)CCC[C@H]1CCC(=O)[C@@H]1CCCCCC(C(=O)OCC)c1ccccc1. The number of hydrogen-bond donors (Lipinski definition) is 1. The van der Waals surface area contributed by atoms with Crippen molar-refractivity contribution in [2.75, 3.05) is 6.61 Å². The molecule has 4 nitrogen and oxygen atoms in total. The molecular weight excluding hydrogens is 400 g/mol. The van der Waals surface area contributed by atoms with Crippen LogP contribution in [0.1, 0.15) is 109 Å². The van der Waals surface area contributed by atoms with Crippen molar-refractivity contribution >= 4 is 11.8 Å². The average molecular weight is 445 g/mol. The number of aliphatic hydroxyl groups excluding tert-OH is 1. The highest BCUT2D eigenvalue weighted by molar-refractivity contribution is 5.83. The molecule has 0 aromatic heterocycles. The van der Waals surface area contributed by atoms with E-state index in [2.05, 4.69) is 6.92 Å². The fourth-order valence-electron chi connectivity index (χ4n) is 5.16. The summed E-state index contributed by atoms with van der Waals surface area (Å²) in [7, 11) is 0. The second-order valence-corrected chi connectivity index (χ2v) is 9.45. The summed E-state index contributed by atoms with van der Waals surface area (Å²) in [6.07, 6.45) is 12.5. The quantitative estimate of drug-likeness (QED) is 0.230. The Morgan fingerprint density at radius 3 is 2.47 bits per heavy atom. The summed E-state index contributed by atoms with van der Waals surface area (Å²) in [5.74, 6) is 0.812. The number of aliphatic hydroxyl groups is 1. The third-order valence-corrected chi connectivity index (χ3v) is 7.03. The summed E-state index contributed by atoms with van der Waals surface area (Å²) >= 11 is 0. The molecule has 1 N–H and O–H groups in total. The van der Waals surface area contributed by atoms with Gasteiger partial charge in [0.05, 0.1) is 18.6 Å². The number of benzene rings is 1. The van der Waals surface area contributed by atoms with Gasteiger partial charge in [0.25, 0.3) is 0 Å². The van der Waals surface area contributed by atoms with E-state index in [0.717, 1.165) is 89.0 Å². The molecule has 1 aliphatic rings. The van der Waals surface area contributed by atoms with Gasteiger partial charge in [-0.1, -0.05) is 75.8 Å². The van der Waals surface area contributed by atoms with Crippen LogP contribution in [0, 0.1) is 11.8 Å². The maximum absolute atomic E-state index is 12.4. The monoisotopic (exact) mass is 444 g/mol. The van der Waals surface area contributed by atoms with Crippen molar-refractivity contribution in [3.8, 4) is 0 Å². The topological polar surface area (TPSA) is 63.6 Å². The average Bonchev–Trinajstić information content (AvgIpc) is 3.14. The molecule has 1 saturated carbocycles. The molecule has 180 valence electrons. The molecule has 2 unspecified atom stereocenters. The molecule has 4 heteroatoms. The number of hydrogen-bond acceptors (Lipinski definition) is 4. The zero-order valence-electron chi connectivity index (χ0n) is 20.3. The zero-order chi connectivity index (χ0) is 23.2. The lowest BCUT2D eigenvalue weighted by atomic mass is 9.85. The highest BCUT2D eigenvalue weighted by Crippen LogP contribution is 2.36. The van der Waals surface area contributed by atoms with Crippen LogP contribution in [0.15, 0.2) is 30.3 Å². The second kappa shape index (κ2) is 15.2. The maximum Gasteiger partial charge on any atom is 0.313 e. The number of unbranched alkanes of at least 4 members (excludes halogenated alkanes) is 3. The molecule has 0 bridgehead atoms. The number of esters is 1. The molecule has 1 aromatic rings. The summed E-state index contributed by atoms with van der Waals surface area (Å²) in [5.41, 5.74) is 1.03. The fraction of sp³-hybridized carbons (Fsp3) is 0.714. The Bertz CT molecular complexity index is 657. The van der Waals surface area contributed by atoms with Crippen LogP contribution in [0.5, 0.6) is 0 Å². The summed E-state index contributed by atoms with van der Waals surface area (Å²) in [6, 6.07) is 9.91. The molecule has 0 aliphatic heterocycles. The van der Waals surface area contributed by atoms with Crippen molar-refractivity contribution in [1.29, 1.82) is 0 Å². The van der Waals surface area contributed by atoms with Crippen molar-refractivity contribution < 1.29 is 19.4 Å². The Morgan fingerprint density at radius 2 is 1.75 bits per heavy atom. The smallest absolute Gasteiger partial charge is 0.313 e. The first-order chi connectivity index (χ1) is 15.6. The normalized spacial score (nSPS) is 20.3. The molecule has 2 rings (SSSR count). The fourth-order valence-corrected chi connectivity index (χ4v) is 5.16. The summed E-state index contributed by atoms with van der Waals surface area (Å²) in [4.78, 5) is 24.9. The predicted octanol–water partition coefficient (Wildman–Crippen LogP) is 6.60. The summed E-state index contributed by atoms with van der Waals surface area (Å²) in [5, 5.41) is 10.1. The lowest BCUT2D eigenvalue weighted by Crippen LogP contribution is -2.17. The predicted molar refractivity (Wildman–Crippen MR) is 130 cm³/mol. The van der Waals surface area contributed by atoms with Gasteiger partial charge in [-0.2, -0.15) is 0 Å². The molecular formula is C28H44O4. The molecule has 32 heavy (non-hydrogen) atoms. The van der Waals surface area contributed by atoms with Gasteiger partial charge in [-0.25, -0.2) is 0 Å². The Hall–Kier alpha value is -1.68. The third kappa shape index (κ3) is 9.05. The molecule has 1 aliphatic carbocycles. The zero-order valence-corrected chi connectivity index (χ0v) is 20.3. The van der Waals surface area contributed by atoms with E-state index < -0.39 is 0 Å². The van der Waals surface area contributed by atoms with E-state index in [1.165, 1.54) is 0 Å². The van der Waals surface area contributed by atoms with Gasteiger partial charge >= 0.3 is 5.97 Å².